The predicted molar refractivity (Wildman–Crippen MR) is 113 cm³/mol. The number of rotatable bonds is 8. The number of hydrogen-bond acceptors (Lipinski definition) is 9. The molecule has 0 bridgehead atoms. The molecule has 0 atom stereocenters. The Bertz CT molecular complexity index is 1090. The van der Waals surface area contributed by atoms with Gasteiger partial charge >= 0.3 is 5.97 Å². The molecule has 0 unspecified atom stereocenters. The van der Waals surface area contributed by atoms with Crippen LogP contribution in [0.25, 0.3) is 6.08 Å². The monoisotopic (exact) mass is 456 g/mol. The normalized spacial score (nSPS) is 14.6. The standard InChI is InChI=1S/C22H19NO8S/c1-29-17-9-14(10-18-20(25)23(22(28)32-18)11-19(24)30-2)5-8-16(17)31-12-13-3-6-15(7-4-13)21(26)27/h3-10H,11-12H2,1-2H3,(H,26,27)/p-1/b18-10-. The second-order valence-corrected chi connectivity index (χ2v) is 7.52. The van der Waals surface area contributed by atoms with E-state index < -0.39 is 29.6 Å². The number of carbonyl (C=O) groups excluding carboxylic acids is 4. The van der Waals surface area contributed by atoms with Crippen LogP contribution in [0.4, 0.5) is 4.79 Å². The molecule has 32 heavy (non-hydrogen) atoms. The van der Waals surface area contributed by atoms with Crippen molar-refractivity contribution in [3.63, 3.8) is 0 Å². The third kappa shape index (κ3) is 5.27. The van der Waals surface area contributed by atoms with E-state index in [1.807, 2.05) is 0 Å². The van der Waals surface area contributed by atoms with E-state index in [9.17, 15) is 24.3 Å². The molecule has 10 heteroatoms. The lowest BCUT2D eigenvalue weighted by Crippen LogP contribution is -2.34. The molecule has 2 aromatic rings. The number of methoxy groups -OCH3 is 2. The van der Waals surface area contributed by atoms with Crippen LogP contribution in [0, 0.1) is 0 Å². The van der Waals surface area contributed by atoms with E-state index >= 15 is 0 Å². The highest BCUT2D eigenvalue weighted by Gasteiger charge is 2.36. The van der Waals surface area contributed by atoms with Crippen LogP contribution in [-0.2, 0) is 20.9 Å². The van der Waals surface area contributed by atoms with Gasteiger partial charge in [0.05, 0.1) is 25.1 Å². The summed E-state index contributed by atoms with van der Waals surface area (Å²) in [4.78, 5) is 47.7. The van der Waals surface area contributed by atoms with Gasteiger partial charge in [0.15, 0.2) is 11.5 Å². The van der Waals surface area contributed by atoms with Crippen LogP contribution in [0.3, 0.4) is 0 Å². The molecule has 1 aliphatic rings. The lowest BCUT2D eigenvalue weighted by atomic mass is 10.1. The van der Waals surface area contributed by atoms with E-state index in [-0.39, 0.29) is 17.1 Å². The van der Waals surface area contributed by atoms with E-state index in [0.29, 0.717) is 17.1 Å². The minimum Gasteiger partial charge on any atom is -0.545 e. The summed E-state index contributed by atoms with van der Waals surface area (Å²) in [5, 5.41) is 10.3. The number of benzene rings is 2. The van der Waals surface area contributed by atoms with Gasteiger partial charge in [-0.3, -0.25) is 19.3 Å². The molecule has 0 aliphatic carbocycles. The molecular formula is C22H18NO8S-. The minimum absolute atomic E-state index is 0.0756. The first-order valence-corrected chi connectivity index (χ1v) is 10.1. The number of esters is 1. The van der Waals surface area contributed by atoms with Crippen molar-refractivity contribution in [2.75, 3.05) is 20.8 Å². The van der Waals surface area contributed by atoms with E-state index in [4.69, 9.17) is 9.47 Å². The molecule has 9 nitrogen and oxygen atoms in total. The summed E-state index contributed by atoms with van der Waals surface area (Å²) in [6, 6.07) is 11.1. The van der Waals surface area contributed by atoms with Gasteiger partial charge in [0.1, 0.15) is 13.2 Å². The summed E-state index contributed by atoms with van der Waals surface area (Å²) >= 11 is 0.730. The second kappa shape index (κ2) is 10.0. The number of ether oxygens (including phenoxy) is 3. The molecule has 2 aromatic carbocycles. The number of carboxylic acid groups (broad SMARTS) is 1. The maximum Gasteiger partial charge on any atom is 0.325 e. The summed E-state index contributed by atoms with van der Waals surface area (Å²) in [5.74, 6) is -1.68. The Morgan fingerprint density at radius 2 is 1.78 bits per heavy atom. The van der Waals surface area contributed by atoms with Crippen molar-refractivity contribution in [3.8, 4) is 11.5 Å². The predicted octanol–water partition coefficient (Wildman–Crippen LogP) is 1.85. The fraction of sp³-hybridized carbons (Fsp3) is 0.182. The van der Waals surface area contributed by atoms with Crippen LogP contribution in [0.15, 0.2) is 47.4 Å². The van der Waals surface area contributed by atoms with Crippen LogP contribution in [0.1, 0.15) is 21.5 Å². The van der Waals surface area contributed by atoms with Gasteiger partial charge < -0.3 is 24.1 Å². The van der Waals surface area contributed by atoms with Crippen LogP contribution in [0.5, 0.6) is 11.5 Å². The lowest BCUT2D eigenvalue weighted by Gasteiger charge is -2.12. The number of hydrogen-bond donors (Lipinski definition) is 0. The first kappa shape index (κ1) is 22.9. The average Bonchev–Trinajstić information content (AvgIpc) is 3.05. The lowest BCUT2D eigenvalue weighted by molar-refractivity contribution is -0.255. The van der Waals surface area contributed by atoms with Crippen LogP contribution < -0.4 is 14.6 Å². The van der Waals surface area contributed by atoms with Crippen LogP contribution in [0.2, 0.25) is 0 Å². The smallest absolute Gasteiger partial charge is 0.325 e. The molecule has 166 valence electrons. The summed E-state index contributed by atoms with van der Waals surface area (Å²) in [6.07, 6.45) is 1.52. The molecule has 2 amide bonds. The summed E-state index contributed by atoms with van der Waals surface area (Å²) in [6.45, 7) is -0.270. The van der Waals surface area contributed by atoms with E-state index in [0.717, 1.165) is 22.2 Å². The molecule has 3 rings (SSSR count). The highest BCUT2D eigenvalue weighted by atomic mass is 32.2. The molecule has 1 aliphatic heterocycles. The van der Waals surface area contributed by atoms with Crippen molar-refractivity contribution in [2.24, 2.45) is 0 Å². The average molecular weight is 456 g/mol. The number of nitrogens with zero attached hydrogens (tertiary/aromatic N) is 1. The third-order valence-electron chi connectivity index (χ3n) is 4.46. The maximum atomic E-state index is 12.4. The van der Waals surface area contributed by atoms with Crippen molar-refractivity contribution in [1.29, 1.82) is 0 Å². The Hall–Kier alpha value is -3.79. The van der Waals surface area contributed by atoms with Crippen molar-refractivity contribution in [1.82, 2.24) is 4.90 Å². The van der Waals surface area contributed by atoms with Crippen molar-refractivity contribution < 1.29 is 38.5 Å². The molecule has 0 radical (unpaired) electrons. The van der Waals surface area contributed by atoms with Crippen molar-refractivity contribution in [2.45, 2.75) is 6.61 Å². The Morgan fingerprint density at radius 3 is 2.41 bits per heavy atom. The Morgan fingerprint density at radius 1 is 1.06 bits per heavy atom. The van der Waals surface area contributed by atoms with Gasteiger partial charge in [0.2, 0.25) is 0 Å². The summed E-state index contributed by atoms with van der Waals surface area (Å²) < 4.78 is 15.6. The molecule has 1 fully saturated rings. The van der Waals surface area contributed by atoms with Crippen molar-refractivity contribution in [3.05, 3.63) is 64.1 Å². The topological polar surface area (TPSA) is 122 Å². The zero-order chi connectivity index (χ0) is 23.3. The summed E-state index contributed by atoms with van der Waals surface area (Å²) in [7, 11) is 2.64. The van der Waals surface area contributed by atoms with E-state index in [1.54, 1.807) is 30.3 Å². The molecule has 0 aromatic heterocycles. The Balaban J connectivity index is 1.72. The second-order valence-electron chi connectivity index (χ2n) is 6.53. The minimum atomic E-state index is -1.25. The molecule has 1 heterocycles. The van der Waals surface area contributed by atoms with Gasteiger partial charge in [-0.05, 0) is 46.7 Å². The number of thioether (sulfide) groups is 1. The van der Waals surface area contributed by atoms with Gasteiger partial charge in [-0.15, -0.1) is 0 Å². The molecule has 0 saturated carbocycles. The quantitative estimate of drug-likeness (QED) is 0.432. The molecule has 0 spiro atoms. The SMILES string of the molecule is COC(=O)CN1C(=O)S/C(=C\c2ccc(OCc3ccc(C(=O)[O-])cc3)c(OC)c2)C1=O. The first-order chi connectivity index (χ1) is 15.3. The molecule has 0 N–H and O–H groups in total. The van der Waals surface area contributed by atoms with Crippen LogP contribution in [-0.4, -0.2) is 48.7 Å². The van der Waals surface area contributed by atoms with Gasteiger partial charge in [-0.2, -0.15) is 0 Å². The maximum absolute atomic E-state index is 12.4. The highest BCUT2D eigenvalue weighted by Crippen LogP contribution is 2.34. The van der Waals surface area contributed by atoms with E-state index in [2.05, 4.69) is 4.74 Å². The van der Waals surface area contributed by atoms with Gasteiger partial charge in [-0.25, -0.2) is 0 Å². The number of imide groups is 1. The molecular weight excluding hydrogens is 438 g/mol. The summed E-state index contributed by atoms with van der Waals surface area (Å²) in [5.41, 5.74) is 1.42. The zero-order valence-corrected chi connectivity index (χ0v) is 18.0. The number of carbonyl (C=O) groups is 4. The number of carboxylic acids is 1. The van der Waals surface area contributed by atoms with Gasteiger partial charge in [0, 0.05) is 0 Å². The first-order valence-electron chi connectivity index (χ1n) is 9.25. The van der Waals surface area contributed by atoms with Crippen LogP contribution >= 0.6 is 11.8 Å². The van der Waals surface area contributed by atoms with E-state index in [1.165, 1.54) is 32.4 Å². The number of amides is 2. The van der Waals surface area contributed by atoms with Gasteiger partial charge in [0.25, 0.3) is 11.1 Å². The number of aromatic carboxylic acids is 1. The Labute approximate surface area is 187 Å². The molecule has 1 saturated heterocycles. The fourth-order valence-electron chi connectivity index (χ4n) is 2.77. The Kier molecular flexibility index (Phi) is 7.16. The zero-order valence-electron chi connectivity index (χ0n) is 17.2. The largest absolute Gasteiger partial charge is 0.545 e. The third-order valence-corrected chi connectivity index (χ3v) is 5.37. The van der Waals surface area contributed by atoms with Crippen molar-refractivity contribution >= 4 is 40.9 Å². The fourth-order valence-corrected chi connectivity index (χ4v) is 3.61. The van der Waals surface area contributed by atoms with Gasteiger partial charge in [-0.1, -0.05) is 30.3 Å². The highest BCUT2D eigenvalue weighted by molar-refractivity contribution is 8.18.